The number of ether oxygens (including phenoxy) is 1. The van der Waals surface area contributed by atoms with E-state index in [0.717, 1.165) is 6.42 Å². The van der Waals surface area contributed by atoms with Gasteiger partial charge in [-0.2, -0.15) is 4.98 Å². The number of anilines is 1. The van der Waals surface area contributed by atoms with Gasteiger partial charge < -0.3 is 19.7 Å². The van der Waals surface area contributed by atoms with Crippen molar-refractivity contribution in [3.8, 4) is 5.88 Å². The molecule has 0 atom stereocenters. The minimum Gasteiger partial charge on any atom is -0.478 e. The number of nitrogens with one attached hydrogen (secondary N) is 1. The molecule has 0 bridgehead atoms. The van der Waals surface area contributed by atoms with Crippen molar-refractivity contribution >= 4 is 11.9 Å². The van der Waals surface area contributed by atoms with E-state index in [4.69, 9.17) is 9.84 Å². The van der Waals surface area contributed by atoms with Crippen LogP contribution in [0.25, 0.3) is 0 Å². The Hall–Kier alpha value is -2.64. The zero-order valence-corrected chi connectivity index (χ0v) is 11.7. The van der Waals surface area contributed by atoms with Crippen molar-refractivity contribution in [1.29, 1.82) is 0 Å². The highest BCUT2D eigenvalue weighted by Gasteiger charge is 2.06. The molecule has 2 rings (SSSR count). The molecule has 21 heavy (non-hydrogen) atoms. The van der Waals surface area contributed by atoms with E-state index in [0.29, 0.717) is 31.5 Å². The van der Waals surface area contributed by atoms with Crippen LogP contribution in [0.15, 0.2) is 24.8 Å². The highest BCUT2D eigenvalue weighted by Crippen LogP contribution is 2.08. The van der Waals surface area contributed by atoms with Crippen molar-refractivity contribution in [3.05, 3.63) is 30.5 Å². The average molecular weight is 291 g/mol. The van der Waals surface area contributed by atoms with Crippen LogP contribution < -0.4 is 10.1 Å². The van der Waals surface area contributed by atoms with E-state index in [2.05, 4.69) is 20.3 Å². The number of imidazole rings is 1. The Balaban J connectivity index is 1.83. The molecule has 0 aliphatic carbocycles. The standard InChI is InChI=1S/C13H17N5O3/c1-2-7-21-11-3-4-14-13(17-11)15-5-6-18-8-10(12(19)20)16-9-18/h3-4,8-9H,2,5-7H2,1H3,(H,19,20)(H,14,15,17). The van der Waals surface area contributed by atoms with Gasteiger partial charge in [0.05, 0.1) is 12.9 Å². The Morgan fingerprint density at radius 1 is 1.48 bits per heavy atom. The Kier molecular flexibility index (Phi) is 5.08. The van der Waals surface area contributed by atoms with E-state index in [1.165, 1.54) is 12.5 Å². The topological polar surface area (TPSA) is 102 Å². The molecule has 0 aliphatic heterocycles. The SMILES string of the molecule is CCCOc1ccnc(NCCn2cnc(C(=O)O)c2)n1. The van der Waals surface area contributed by atoms with Gasteiger partial charge in [0.2, 0.25) is 11.8 Å². The highest BCUT2D eigenvalue weighted by molar-refractivity contribution is 5.84. The fraction of sp³-hybridized carbons (Fsp3) is 0.385. The van der Waals surface area contributed by atoms with Crippen molar-refractivity contribution < 1.29 is 14.6 Å². The van der Waals surface area contributed by atoms with E-state index in [1.54, 1.807) is 16.8 Å². The molecule has 0 spiro atoms. The molecule has 2 aromatic heterocycles. The van der Waals surface area contributed by atoms with Crippen LogP contribution >= 0.6 is 0 Å². The van der Waals surface area contributed by atoms with Crippen LogP contribution in [0.5, 0.6) is 5.88 Å². The van der Waals surface area contributed by atoms with Crippen LogP contribution in [-0.4, -0.2) is 43.7 Å². The number of carboxylic acid groups (broad SMARTS) is 1. The maximum absolute atomic E-state index is 10.7. The molecule has 2 N–H and O–H groups in total. The fourth-order valence-corrected chi connectivity index (χ4v) is 1.60. The minimum atomic E-state index is -1.04. The number of aromatic carboxylic acids is 1. The first-order valence-electron chi connectivity index (χ1n) is 6.64. The largest absolute Gasteiger partial charge is 0.478 e. The van der Waals surface area contributed by atoms with E-state index in [1.807, 2.05) is 6.92 Å². The Bertz CT molecular complexity index is 599. The first-order chi connectivity index (χ1) is 10.2. The van der Waals surface area contributed by atoms with Crippen LogP contribution in [0.2, 0.25) is 0 Å². The van der Waals surface area contributed by atoms with E-state index < -0.39 is 5.97 Å². The van der Waals surface area contributed by atoms with Crippen LogP contribution in [0, 0.1) is 0 Å². The van der Waals surface area contributed by atoms with Crippen molar-refractivity contribution in [2.75, 3.05) is 18.5 Å². The molecule has 0 fully saturated rings. The predicted molar refractivity (Wildman–Crippen MR) is 75.5 cm³/mol. The number of nitrogens with zero attached hydrogens (tertiary/aromatic N) is 4. The number of rotatable bonds is 8. The van der Waals surface area contributed by atoms with Gasteiger partial charge in [-0.25, -0.2) is 14.8 Å². The third-order valence-corrected chi connectivity index (χ3v) is 2.59. The molecule has 8 heteroatoms. The van der Waals surface area contributed by atoms with Gasteiger partial charge in [0.15, 0.2) is 5.69 Å². The van der Waals surface area contributed by atoms with Gasteiger partial charge in [-0.3, -0.25) is 0 Å². The second kappa shape index (κ2) is 7.22. The Labute approximate surface area is 121 Å². The second-order valence-corrected chi connectivity index (χ2v) is 4.30. The molecule has 0 saturated heterocycles. The smallest absolute Gasteiger partial charge is 0.356 e. The molecule has 0 aromatic carbocycles. The summed E-state index contributed by atoms with van der Waals surface area (Å²) in [5.74, 6) is -0.0295. The fourth-order valence-electron chi connectivity index (χ4n) is 1.60. The Morgan fingerprint density at radius 3 is 3.05 bits per heavy atom. The summed E-state index contributed by atoms with van der Waals surface area (Å²) in [6, 6.07) is 1.70. The summed E-state index contributed by atoms with van der Waals surface area (Å²) in [6.07, 6.45) is 5.50. The molecule has 112 valence electrons. The van der Waals surface area contributed by atoms with E-state index in [9.17, 15) is 4.79 Å². The molecular formula is C13H17N5O3. The zero-order valence-electron chi connectivity index (χ0n) is 11.7. The molecule has 0 radical (unpaired) electrons. The molecule has 0 saturated carbocycles. The minimum absolute atomic E-state index is 0.0289. The number of aromatic nitrogens is 4. The average Bonchev–Trinajstić information content (AvgIpc) is 2.95. The van der Waals surface area contributed by atoms with Crippen molar-refractivity contribution in [3.63, 3.8) is 0 Å². The lowest BCUT2D eigenvalue weighted by atomic mass is 10.5. The van der Waals surface area contributed by atoms with Gasteiger partial charge in [0.1, 0.15) is 0 Å². The Morgan fingerprint density at radius 2 is 2.33 bits per heavy atom. The quantitative estimate of drug-likeness (QED) is 0.755. The molecule has 0 unspecified atom stereocenters. The van der Waals surface area contributed by atoms with Gasteiger partial charge in [-0.05, 0) is 6.42 Å². The first-order valence-corrected chi connectivity index (χ1v) is 6.64. The van der Waals surface area contributed by atoms with Crippen molar-refractivity contribution in [2.24, 2.45) is 0 Å². The second-order valence-electron chi connectivity index (χ2n) is 4.30. The van der Waals surface area contributed by atoms with Crippen molar-refractivity contribution in [2.45, 2.75) is 19.9 Å². The number of hydrogen-bond donors (Lipinski definition) is 2. The normalized spacial score (nSPS) is 10.3. The summed E-state index contributed by atoms with van der Waals surface area (Å²) < 4.78 is 7.11. The summed E-state index contributed by atoms with van der Waals surface area (Å²) in [5, 5.41) is 11.8. The lowest BCUT2D eigenvalue weighted by molar-refractivity contribution is 0.0691. The van der Waals surface area contributed by atoms with Crippen molar-refractivity contribution in [1.82, 2.24) is 19.5 Å². The third kappa shape index (κ3) is 4.44. The van der Waals surface area contributed by atoms with E-state index in [-0.39, 0.29) is 5.69 Å². The molecule has 2 aromatic rings. The molecule has 0 aliphatic rings. The van der Waals surface area contributed by atoms with Gasteiger partial charge in [-0.1, -0.05) is 6.92 Å². The maximum Gasteiger partial charge on any atom is 0.356 e. The summed E-state index contributed by atoms with van der Waals surface area (Å²) >= 11 is 0. The third-order valence-electron chi connectivity index (χ3n) is 2.59. The van der Waals surface area contributed by atoms with Gasteiger partial charge in [-0.15, -0.1) is 0 Å². The number of carboxylic acids is 1. The molecule has 0 amide bonds. The predicted octanol–water partition coefficient (Wildman–Crippen LogP) is 1.27. The maximum atomic E-state index is 10.7. The highest BCUT2D eigenvalue weighted by atomic mass is 16.5. The first kappa shape index (κ1) is 14.8. The lowest BCUT2D eigenvalue weighted by Crippen LogP contribution is -2.12. The number of carbonyl (C=O) groups is 1. The summed E-state index contributed by atoms with van der Waals surface area (Å²) in [6.45, 7) is 3.75. The summed E-state index contributed by atoms with van der Waals surface area (Å²) in [7, 11) is 0. The van der Waals surface area contributed by atoms with Crippen LogP contribution in [0.3, 0.4) is 0 Å². The van der Waals surface area contributed by atoms with Gasteiger partial charge in [0, 0.05) is 31.5 Å². The van der Waals surface area contributed by atoms with Crippen LogP contribution in [-0.2, 0) is 6.54 Å². The summed E-state index contributed by atoms with van der Waals surface area (Å²) in [5.41, 5.74) is 0.0289. The van der Waals surface area contributed by atoms with Gasteiger partial charge >= 0.3 is 5.97 Å². The number of hydrogen-bond acceptors (Lipinski definition) is 6. The van der Waals surface area contributed by atoms with Crippen LogP contribution in [0.4, 0.5) is 5.95 Å². The summed E-state index contributed by atoms with van der Waals surface area (Å²) in [4.78, 5) is 22.8. The van der Waals surface area contributed by atoms with E-state index >= 15 is 0 Å². The molecule has 2 heterocycles. The molecule has 8 nitrogen and oxygen atoms in total. The van der Waals surface area contributed by atoms with Crippen LogP contribution in [0.1, 0.15) is 23.8 Å². The lowest BCUT2D eigenvalue weighted by Gasteiger charge is -2.07. The zero-order chi connectivity index (χ0) is 15.1. The monoisotopic (exact) mass is 291 g/mol. The van der Waals surface area contributed by atoms with Gasteiger partial charge in [0.25, 0.3) is 0 Å². The molecular weight excluding hydrogens is 274 g/mol.